The molecule has 7 aromatic carbocycles. The Morgan fingerprint density at radius 2 is 1.08 bits per heavy atom. The lowest BCUT2D eigenvalue weighted by Crippen LogP contribution is -2.75. The zero-order chi connectivity index (χ0) is 34.1. The number of hydrogen-bond acceptors (Lipinski definition) is 2. The molecule has 0 aliphatic rings. The number of hydrogen-bond donors (Lipinski definition) is 0. The molecule has 0 N–H and O–H groups in total. The lowest BCUT2D eigenvalue weighted by Gasteiger charge is -2.36. The van der Waals surface area contributed by atoms with E-state index < -0.39 is 8.07 Å². The molecule has 232 valence electrons. The fourth-order valence-corrected chi connectivity index (χ4v) is 12.5. The number of para-hydroxylation sites is 1. The highest BCUT2D eigenvalue weighted by atomic mass is 28.3. The van der Waals surface area contributed by atoms with Crippen molar-refractivity contribution in [2.24, 2.45) is 0 Å². The third kappa shape index (κ3) is 4.80. The van der Waals surface area contributed by atoms with E-state index >= 15 is 0 Å². The van der Waals surface area contributed by atoms with E-state index in [-0.39, 0.29) is 0 Å². The maximum Gasteiger partial charge on any atom is 0.189 e. The molecule has 50 heavy (non-hydrogen) atoms. The van der Waals surface area contributed by atoms with Crippen molar-refractivity contribution in [1.82, 2.24) is 4.57 Å². The van der Waals surface area contributed by atoms with E-state index in [1.165, 1.54) is 0 Å². The van der Waals surface area contributed by atoms with Gasteiger partial charge in [0.25, 0.3) is 0 Å². The lowest BCUT2D eigenvalue weighted by atomic mass is 10.0. The highest BCUT2D eigenvalue weighted by Crippen LogP contribution is 2.34. The van der Waals surface area contributed by atoms with E-state index in [4.69, 9.17) is 6.57 Å². The molecular formula is C45H28N4Si. The van der Waals surface area contributed by atoms with Gasteiger partial charge in [0.1, 0.15) is 0 Å². The van der Waals surface area contributed by atoms with E-state index in [1.807, 2.05) is 97.1 Å². The Kier molecular flexibility index (Phi) is 7.63. The molecule has 0 aliphatic heterocycles. The molecule has 0 radical (unpaired) electrons. The summed E-state index contributed by atoms with van der Waals surface area (Å²) in [6, 6.07) is 62.2. The lowest BCUT2D eigenvalue weighted by molar-refractivity contribution is 1.18. The first-order valence-electron chi connectivity index (χ1n) is 16.3. The second-order valence-corrected chi connectivity index (χ2v) is 16.0. The molecule has 0 saturated carbocycles. The molecule has 0 amide bonds. The van der Waals surface area contributed by atoms with Gasteiger partial charge in [-0.15, -0.1) is 0 Å². The average molecular weight is 653 g/mol. The Morgan fingerprint density at radius 1 is 0.520 bits per heavy atom. The van der Waals surface area contributed by atoms with Crippen LogP contribution in [0.3, 0.4) is 0 Å². The Bertz CT molecular complexity index is 2530. The van der Waals surface area contributed by atoms with Gasteiger partial charge in [0.15, 0.2) is 13.8 Å². The minimum Gasteiger partial charge on any atom is -0.309 e. The smallest absolute Gasteiger partial charge is 0.189 e. The van der Waals surface area contributed by atoms with Gasteiger partial charge in [-0.1, -0.05) is 121 Å². The van der Waals surface area contributed by atoms with Crippen molar-refractivity contribution in [3.05, 3.63) is 192 Å². The second-order valence-electron chi connectivity index (χ2n) is 12.2. The zero-order valence-electron chi connectivity index (χ0n) is 27.0. The number of aromatic nitrogens is 1. The van der Waals surface area contributed by atoms with E-state index in [0.29, 0.717) is 16.8 Å². The van der Waals surface area contributed by atoms with Crippen molar-refractivity contribution < 1.29 is 0 Å². The summed E-state index contributed by atoms with van der Waals surface area (Å²) in [4.78, 5) is 4.15. The van der Waals surface area contributed by atoms with Gasteiger partial charge in [-0.25, -0.2) is 4.85 Å². The molecule has 5 heteroatoms. The first-order chi connectivity index (χ1) is 24.7. The maximum absolute atomic E-state index is 10.9. The van der Waals surface area contributed by atoms with Gasteiger partial charge in [0.05, 0.1) is 35.3 Å². The molecule has 1 aromatic heterocycles. The minimum absolute atomic E-state index is 0.488. The molecule has 0 aliphatic carbocycles. The van der Waals surface area contributed by atoms with Gasteiger partial charge in [-0.05, 0) is 80.4 Å². The van der Waals surface area contributed by atoms with Gasteiger partial charge in [-0.3, -0.25) is 0 Å². The van der Waals surface area contributed by atoms with E-state index in [2.05, 4.69) is 94.3 Å². The highest BCUT2D eigenvalue weighted by Gasteiger charge is 2.44. The van der Waals surface area contributed by atoms with Crippen molar-refractivity contribution in [1.29, 1.82) is 10.5 Å². The molecule has 0 bridgehead atoms. The summed E-state index contributed by atoms with van der Waals surface area (Å²) in [7, 11) is -3.12. The van der Waals surface area contributed by atoms with Crippen LogP contribution in [-0.2, 0) is 0 Å². The maximum atomic E-state index is 10.9. The van der Waals surface area contributed by atoms with Crippen LogP contribution in [0.5, 0.6) is 0 Å². The summed E-state index contributed by atoms with van der Waals surface area (Å²) < 4.78 is 2.21. The van der Waals surface area contributed by atoms with Gasteiger partial charge >= 0.3 is 0 Å². The summed E-state index contributed by atoms with van der Waals surface area (Å²) in [6.07, 6.45) is 0. The molecule has 0 fully saturated rings. The largest absolute Gasteiger partial charge is 0.309 e. The molecule has 0 saturated heterocycles. The molecule has 0 spiro atoms. The van der Waals surface area contributed by atoms with Gasteiger partial charge < -0.3 is 4.57 Å². The molecular weight excluding hydrogens is 625 g/mol. The fourth-order valence-electron chi connectivity index (χ4n) is 7.48. The normalized spacial score (nSPS) is 11.1. The van der Waals surface area contributed by atoms with Crippen LogP contribution in [0.25, 0.3) is 43.5 Å². The topological polar surface area (TPSA) is 56.9 Å². The first kappa shape index (κ1) is 30.4. The van der Waals surface area contributed by atoms with Crippen LogP contribution in [0, 0.1) is 29.2 Å². The van der Waals surface area contributed by atoms with Crippen molar-refractivity contribution >= 4 is 56.3 Å². The van der Waals surface area contributed by atoms with Gasteiger partial charge in [-0.2, -0.15) is 10.5 Å². The quantitative estimate of drug-likeness (QED) is 0.104. The van der Waals surface area contributed by atoms with Crippen molar-refractivity contribution in [3.63, 3.8) is 0 Å². The van der Waals surface area contributed by atoms with Gasteiger partial charge in [0.2, 0.25) is 0 Å². The van der Waals surface area contributed by atoms with Crippen LogP contribution < -0.4 is 20.7 Å². The monoisotopic (exact) mass is 652 g/mol. The third-order valence-corrected chi connectivity index (χ3v) is 14.5. The van der Waals surface area contributed by atoms with Crippen LogP contribution >= 0.6 is 0 Å². The van der Waals surface area contributed by atoms with E-state index in [1.54, 1.807) is 0 Å². The predicted molar refractivity (Wildman–Crippen MR) is 206 cm³/mol. The van der Waals surface area contributed by atoms with Crippen LogP contribution in [0.4, 0.5) is 5.69 Å². The Hall–Kier alpha value is -6.97. The van der Waals surface area contributed by atoms with Crippen molar-refractivity contribution in [2.45, 2.75) is 0 Å². The summed E-state index contributed by atoms with van der Waals surface area (Å²) in [5, 5.41) is 26.7. The Balaban J connectivity index is 1.32. The van der Waals surface area contributed by atoms with Crippen LogP contribution in [-0.4, -0.2) is 12.6 Å². The Labute approximate surface area is 291 Å². The average Bonchev–Trinajstić information content (AvgIpc) is 3.53. The molecule has 4 nitrogen and oxygen atoms in total. The van der Waals surface area contributed by atoms with Crippen LogP contribution in [0.1, 0.15) is 11.1 Å². The molecule has 8 aromatic rings. The van der Waals surface area contributed by atoms with Crippen LogP contribution in [0.15, 0.2) is 170 Å². The second kappa shape index (κ2) is 12.6. The van der Waals surface area contributed by atoms with Crippen LogP contribution in [0.2, 0.25) is 0 Å². The highest BCUT2D eigenvalue weighted by molar-refractivity contribution is 7.20. The third-order valence-electron chi connectivity index (χ3n) is 9.61. The summed E-state index contributed by atoms with van der Waals surface area (Å²) >= 11 is 0. The molecule has 8 rings (SSSR count). The minimum atomic E-state index is -3.12. The van der Waals surface area contributed by atoms with E-state index in [0.717, 1.165) is 59.4 Å². The number of benzene rings is 7. The van der Waals surface area contributed by atoms with Gasteiger partial charge in [0, 0.05) is 22.0 Å². The number of nitrogens with zero attached hydrogens (tertiary/aromatic N) is 4. The van der Waals surface area contributed by atoms with E-state index in [9.17, 15) is 10.5 Å². The summed E-state index contributed by atoms with van der Waals surface area (Å²) in [5.41, 5.74) is 6.42. The Morgan fingerprint density at radius 3 is 1.64 bits per heavy atom. The molecule has 1 heterocycles. The van der Waals surface area contributed by atoms with Crippen molar-refractivity contribution in [3.8, 4) is 29.0 Å². The first-order valence-corrected chi connectivity index (χ1v) is 18.3. The summed E-state index contributed by atoms with van der Waals surface area (Å²) in [6.45, 7) is 8.51. The fraction of sp³-hybridized carbons (Fsp3) is 0. The van der Waals surface area contributed by atoms with Crippen molar-refractivity contribution in [2.75, 3.05) is 0 Å². The predicted octanol–water partition coefficient (Wildman–Crippen LogP) is 8.12. The number of nitriles is 2. The standard InChI is InChI=1S/C45H28N4Si/c1-48-42-29-34(33-22-24-36(25-23-33)49-43-20-12-11-19-40(43)41-27-32(30-46)21-26-44(41)49)28-35(31-47)45(42)50(37-13-5-2-6-14-37,38-15-7-3-8-16-38)39-17-9-4-10-18-39/h2-29H. The molecule has 0 unspecified atom stereocenters. The SMILES string of the molecule is [C-]#[N+]c1cc(-c2ccc(-n3c4ccccc4c4cc(C#N)ccc43)cc2)cc(C#N)c1[Si](c1ccccc1)(c1ccccc1)c1ccccc1. The summed E-state index contributed by atoms with van der Waals surface area (Å²) in [5.74, 6) is 0. The zero-order valence-corrected chi connectivity index (χ0v) is 28.0. The number of rotatable bonds is 6. The number of fused-ring (bicyclic) bond motifs is 3. The molecule has 0 atom stereocenters.